The summed E-state index contributed by atoms with van der Waals surface area (Å²) in [6.45, 7) is 2.39. The maximum atomic E-state index is 10.1. The van der Waals surface area contributed by atoms with Gasteiger partial charge in [-0.3, -0.25) is 0 Å². The molecule has 1 aliphatic carbocycles. The Kier molecular flexibility index (Phi) is 3.56. The third-order valence-electron chi connectivity index (χ3n) is 3.68. The molecule has 0 aromatic rings. The average molecular weight is 243 g/mol. The Labute approximate surface area is 101 Å². The summed E-state index contributed by atoms with van der Waals surface area (Å²) in [7, 11) is 0. The quantitative estimate of drug-likeness (QED) is 0.221. The molecule has 2 fully saturated rings. The highest BCUT2D eigenvalue weighted by molar-refractivity contribution is 5.80. The predicted molar refractivity (Wildman–Crippen MR) is 62.9 cm³/mol. The first kappa shape index (κ1) is 12.6. The number of amidine groups is 1. The van der Waals surface area contributed by atoms with Crippen molar-refractivity contribution in [3.8, 4) is 0 Å². The molecular formula is C11H21N3O3. The fourth-order valence-electron chi connectivity index (χ4n) is 2.31. The van der Waals surface area contributed by atoms with Crippen LogP contribution < -0.4 is 11.1 Å². The van der Waals surface area contributed by atoms with Crippen molar-refractivity contribution in [1.82, 2.24) is 5.32 Å². The summed E-state index contributed by atoms with van der Waals surface area (Å²) in [5.74, 6) is 0.284. The van der Waals surface area contributed by atoms with Gasteiger partial charge in [-0.25, -0.2) is 0 Å². The zero-order valence-corrected chi connectivity index (χ0v) is 9.98. The molecule has 0 radical (unpaired) electrons. The fourth-order valence-corrected chi connectivity index (χ4v) is 2.31. The van der Waals surface area contributed by atoms with Crippen LogP contribution in [-0.4, -0.2) is 48.1 Å². The minimum absolute atomic E-state index is 0.131. The van der Waals surface area contributed by atoms with Crippen molar-refractivity contribution in [2.24, 2.45) is 16.3 Å². The topological polar surface area (TPSA) is 100 Å². The van der Waals surface area contributed by atoms with Crippen LogP contribution in [0.1, 0.15) is 25.7 Å². The molecule has 1 heterocycles. The summed E-state index contributed by atoms with van der Waals surface area (Å²) in [6.07, 6.45) is 3.48. The molecule has 0 bridgehead atoms. The van der Waals surface area contributed by atoms with Crippen LogP contribution in [0.25, 0.3) is 0 Å². The lowest BCUT2D eigenvalue weighted by atomic mass is 10.00. The lowest BCUT2D eigenvalue weighted by Gasteiger charge is -2.23. The average Bonchev–Trinajstić information content (AvgIpc) is 2.91. The van der Waals surface area contributed by atoms with Gasteiger partial charge >= 0.3 is 0 Å². The molecule has 1 unspecified atom stereocenters. The molecule has 1 atom stereocenters. The molecule has 6 nitrogen and oxygen atoms in total. The lowest BCUT2D eigenvalue weighted by molar-refractivity contribution is 0.0262. The second kappa shape index (κ2) is 4.80. The van der Waals surface area contributed by atoms with E-state index in [1.165, 1.54) is 0 Å². The highest BCUT2D eigenvalue weighted by Crippen LogP contribution is 2.48. The largest absolute Gasteiger partial charge is 0.409 e. The maximum absolute atomic E-state index is 10.1. The predicted octanol–water partition coefficient (Wildman–Crippen LogP) is -0.356. The number of nitrogens with zero attached hydrogens (tertiary/aromatic N) is 1. The monoisotopic (exact) mass is 243 g/mol. The minimum atomic E-state index is -0.716. The van der Waals surface area contributed by atoms with E-state index in [4.69, 9.17) is 15.7 Å². The summed E-state index contributed by atoms with van der Waals surface area (Å²) < 4.78 is 5.18. The first-order chi connectivity index (χ1) is 8.08. The Morgan fingerprint density at radius 1 is 1.35 bits per heavy atom. The van der Waals surface area contributed by atoms with Crippen molar-refractivity contribution in [2.75, 3.05) is 26.3 Å². The Morgan fingerprint density at radius 2 is 2.12 bits per heavy atom. The second-order valence-corrected chi connectivity index (χ2v) is 5.40. The van der Waals surface area contributed by atoms with Crippen molar-refractivity contribution in [3.05, 3.63) is 0 Å². The maximum Gasteiger partial charge on any atom is 0.139 e. The molecule has 1 aliphatic heterocycles. The van der Waals surface area contributed by atoms with E-state index in [2.05, 4.69) is 10.5 Å². The molecule has 5 N–H and O–H groups in total. The Balaban J connectivity index is 1.71. The molecule has 1 saturated heterocycles. The SMILES string of the molecule is NC(CC1(CNCC2(O)CCOC2)CC1)=NO. The molecule has 1 saturated carbocycles. The molecule has 98 valence electrons. The van der Waals surface area contributed by atoms with Crippen molar-refractivity contribution in [2.45, 2.75) is 31.3 Å². The van der Waals surface area contributed by atoms with Crippen molar-refractivity contribution < 1.29 is 15.1 Å². The van der Waals surface area contributed by atoms with E-state index in [0.29, 0.717) is 32.6 Å². The fraction of sp³-hybridized carbons (Fsp3) is 0.909. The summed E-state index contributed by atoms with van der Waals surface area (Å²) >= 11 is 0. The standard InChI is InChI=1S/C11H21N3O3/c12-9(14-16)5-10(1-2-10)6-13-7-11(15)3-4-17-8-11/h13,15-16H,1-8H2,(H2,12,14). The van der Waals surface area contributed by atoms with Crippen LogP contribution in [0.4, 0.5) is 0 Å². The van der Waals surface area contributed by atoms with Crippen LogP contribution in [-0.2, 0) is 4.74 Å². The van der Waals surface area contributed by atoms with E-state index in [-0.39, 0.29) is 11.3 Å². The number of hydrogen-bond acceptors (Lipinski definition) is 5. The van der Waals surface area contributed by atoms with E-state index in [0.717, 1.165) is 19.4 Å². The highest BCUT2D eigenvalue weighted by Gasteiger charge is 2.43. The molecule has 0 spiro atoms. The van der Waals surface area contributed by atoms with Crippen molar-refractivity contribution in [3.63, 3.8) is 0 Å². The molecule has 0 aromatic carbocycles. The van der Waals surface area contributed by atoms with Gasteiger partial charge in [0.05, 0.1) is 6.61 Å². The van der Waals surface area contributed by atoms with Crippen LogP contribution in [0.15, 0.2) is 5.16 Å². The van der Waals surface area contributed by atoms with Crippen molar-refractivity contribution >= 4 is 5.84 Å². The van der Waals surface area contributed by atoms with Gasteiger partial charge in [-0.05, 0) is 18.3 Å². The zero-order valence-electron chi connectivity index (χ0n) is 9.98. The van der Waals surface area contributed by atoms with Gasteiger partial charge in [-0.1, -0.05) is 5.16 Å². The molecule has 0 amide bonds. The second-order valence-electron chi connectivity index (χ2n) is 5.40. The van der Waals surface area contributed by atoms with Crippen LogP contribution in [0, 0.1) is 5.41 Å². The van der Waals surface area contributed by atoms with Gasteiger partial charge in [0, 0.05) is 32.5 Å². The van der Waals surface area contributed by atoms with E-state index in [1.807, 2.05) is 0 Å². The van der Waals surface area contributed by atoms with Gasteiger partial charge < -0.3 is 26.1 Å². The molecule has 17 heavy (non-hydrogen) atoms. The van der Waals surface area contributed by atoms with Crippen LogP contribution in [0.2, 0.25) is 0 Å². The summed E-state index contributed by atoms with van der Waals surface area (Å²) in [6, 6.07) is 0. The first-order valence-corrected chi connectivity index (χ1v) is 6.05. The number of rotatable bonds is 6. The van der Waals surface area contributed by atoms with Crippen LogP contribution >= 0.6 is 0 Å². The van der Waals surface area contributed by atoms with Gasteiger partial charge in [-0.15, -0.1) is 0 Å². The van der Waals surface area contributed by atoms with Gasteiger partial charge in [0.1, 0.15) is 11.4 Å². The normalized spacial score (nSPS) is 31.7. The third kappa shape index (κ3) is 3.31. The number of aliphatic hydroxyl groups is 1. The Bertz CT molecular complexity index is 296. The third-order valence-corrected chi connectivity index (χ3v) is 3.68. The summed E-state index contributed by atoms with van der Waals surface area (Å²) in [5, 5.41) is 24.9. The molecule has 2 aliphatic rings. The summed E-state index contributed by atoms with van der Waals surface area (Å²) in [4.78, 5) is 0. The molecular weight excluding hydrogens is 222 g/mol. The number of nitrogens with two attached hydrogens (primary N) is 1. The van der Waals surface area contributed by atoms with Crippen LogP contribution in [0.3, 0.4) is 0 Å². The highest BCUT2D eigenvalue weighted by atomic mass is 16.5. The summed E-state index contributed by atoms with van der Waals surface area (Å²) in [5.41, 5.74) is 4.94. The molecule has 0 aromatic heterocycles. The minimum Gasteiger partial charge on any atom is -0.409 e. The van der Waals surface area contributed by atoms with E-state index in [9.17, 15) is 5.11 Å². The smallest absolute Gasteiger partial charge is 0.139 e. The van der Waals surface area contributed by atoms with Crippen LogP contribution in [0.5, 0.6) is 0 Å². The molecule has 2 rings (SSSR count). The number of ether oxygens (including phenoxy) is 1. The Hall–Kier alpha value is -0.850. The lowest BCUT2D eigenvalue weighted by Crippen LogP contribution is -2.43. The number of oxime groups is 1. The number of hydrogen-bond donors (Lipinski definition) is 4. The number of nitrogens with one attached hydrogen (secondary N) is 1. The first-order valence-electron chi connectivity index (χ1n) is 6.05. The van der Waals surface area contributed by atoms with Gasteiger partial charge in [0.25, 0.3) is 0 Å². The van der Waals surface area contributed by atoms with Gasteiger partial charge in [0.15, 0.2) is 0 Å². The molecule has 6 heteroatoms. The van der Waals surface area contributed by atoms with E-state index in [1.54, 1.807) is 0 Å². The van der Waals surface area contributed by atoms with Gasteiger partial charge in [-0.2, -0.15) is 0 Å². The Morgan fingerprint density at radius 3 is 2.65 bits per heavy atom. The van der Waals surface area contributed by atoms with Crippen molar-refractivity contribution in [1.29, 1.82) is 0 Å². The zero-order chi connectivity index (χ0) is 12.4. The van der Waals surface area contributed by atoms with Gasteiger partial charge in [0.2, 0.25) is 0 Å². The van der Waals surface area contributed by atoms with E-state index < -0.39 is 5.60 Å². The van der Waals surface area contributed by atoms with E-state index >= 15 is 0 Å².